The van der Waals surface area contributed by atoms with Crippen molar-refractivity contribution in [3.05, 3.63) is 16.1 Å². The topological polar surface area (TPSA) is 34.2 Å². The van der Waals surface area contributed by atoms with Gasteiger partial charge < -0.3 is 10.1 Å². The molecule has 0 amide bonds. The van der Waals surface area contributed by atoms with Gasteiger partial charge in [0.2, 0.25) is 0 Å². The molecule has 1 N–H and O–H groups in total. The first-order valence-corrected chi connectivity index (χ1v) is 8.17. The summed E-state index contributed by atoms with van der Waals surface area (Å²) in [5.41, 5.74) is 1.33. The summed E-state index contributed by atoms with van der Waals surface area (Å²) < 4.78 is 5.61. The zero-order valence-electron chi connectivity index (χ0n) is 12.4. The van der Waals surface area contributed by atoms with Crippen LogP contribution < -0.4 is 5.32 Å². The summed E-state index contributed by atoms with van der Waals surface area (Å²) in [7, 11) is 0. The molecule has 0 aliphatic heterocycles. The van der Waals surface area contributed by atoms with Crippen molar-refractivity contribution in [3.63, 3.8) is 0 Å². The summed E-state index contributed by atoms with van der Waals surface area (Å²) in [4.78, 5) is 4.67. The fourth-order valence-corrected chi connectivity index (χ4v) is 2.69. The normalized spacial score (nSPS) is 15.9. The Morgan fingerprint density at radius 2 is 2.21 bits per heavy atom. The van der Waals surface area contributed by atoms with Crippen LogP contribution in [0.3, 0.4) is 0 Å². The number of thiazole rings is 1. The highest BCUT2D eigenvalue weighted by molar-refractivity contribution is 7.09. The Morgan fingerprint density at radius 3 is 2.84 bits per heavy atom. The fraction of sp³-hybridized carbons (Fsp3) is 0.800. The minimum Gasteiger partial charge on any atom is -0.381 e. The minimum atomic E-state index is 0.166. The van der Waals surface area contributed by atoms with Crippen LogP contribution in [0.5, 0.6) is 0 Å². The Balaban J connectivity index is 1.53. The van der Waals surface area contributed by atoms with E-state index >= 15 is 0 Å². The van der Waals surface area contributed by atoms with E-state index in [-0.39, 0.29) is 5.41 Å². The first-order valence-electron chi connectivity index (χ1n) is 7.29. The molecule has 0 spiro atoms. The Morgan fingerprint density at radius 1 is 1.42 bits per heavy atom. The third-order valence-electron chi connectivity index (χ3n) is 3.19. The van der Waals surface area contributed by atoms with Crippen LogP contribution >= 0.6 is 11.3 Å². The van der Waals surface area contributed by atoms with Gasteiger partial charge in [0.25, 0.3) is 0 Å². The zero-order chi connectivity index (χ0) is 13.7. The highest BCUT2D eigenvalue weighted by Gasteiger charge is 2.20. The lowest BCUT2D eigenvalue weighted by Gasteiger charge is -2.13. The van der Waals surface area contributed by atoms with Crippen molar-refractivity contribution >= 4 is 11.3 Å². The number of hydrogen-bond acceptors (Lipinski definition) is 4. The van der Waals surface area contributed by atoms with E-state index in [1.807, 2.05) is 0 Å². The molecule has 0 aromatic carbocycles. The van der Waals surface area contributed by atoms with Gasteiger partial charge in [-0.05, 0) is 31.7 Å². The number of hydrogen-bond donors (Lipinski definition) is 1. The maximum atomic E-state index is 5.61. The van der Waals surface area contributed by atoms with Crippen molar-refractivity contribution in [2.45, 2.75) is 52.0 Å². The molecule has 1 aliphatic rings. The molecule has 1 aliphatic carbocycles. The monoisotopic (exact) mass is 282 g/mol. The lowest BCUT2D eigenvalue weighted by Crippen LogP contribution is -2.17. The van der Waals surface area contributed by atoms with Crippen molar-refractivity contribution < 1.29 is 4.74 Å². The molecule has 2 rings (SSSR count). The molecule has 0 bridgehead atoms. The first kappa shape index (κ1) is 14.9. The van der Waals surface area contributed by atoms with Gasteiger partial charge in [-0.3, -0.25) is 0 Å². The van der Waals surface area contributed by atoms with Crippen LogP contribution in [0.25, 0.3) is 0 Å². The molecule has 19 heavy (non-hydrogen) atoms. The van der Waals surface area contributed by atoms with Crippen molar-refractivity contribution in [1.82, 2.24) is 10.3 Å². The van der Waals surface area contributed by atoms with E-state index in [4.69, 9.17) is 4.74 Å². The number of nitrogens with one attached hydrogen (secondary N) is 1. The van der Waals surface area contributed by atoms with Gasteiger partial charge in [0, 0.05) is 30.6 Å². The van der Waals surface area contributed by atoms with Gasteiger partial charge >= 0.3 is 0 Å². The lowest BCUT2D eigenvalue weighted by molar-refractivity contribution is 0.122. The standard InChI is InChI=1S/C15H26N2OS/c1-15(2,3)14-17-13(11-19-14)9-16-7-4-8-18-10-12-5-6-12/h11-12,16H,4-10H2,1-3H3. The fourth-order valence-electron chi connectivity index (χ4n) is 1.78. The van der Waals surface area contributed by atoms with Gasteiger partial charge in [-0.2, -0.15) is 0 Å². The Bertz CT molecular complexity index is 380. The molecule has 1 aromatic heterocycles. The second-order valence-electron chi connectivity index (χ2n) is 6.44. The van der Waals surface area contributed by atoms with Gasteiger partial charge in [-0.25, -0.2) is 4.98 Å². The Kier molecular flexibility index (Phi) is 5.37. The van der Waals surface area contributed by atoms with Gasteiger partial charge in [0.15, 0.2) is 0 Å². The SMILES string of the molecule is CC(C)(C)c1nc(CNCCCOCC2CC2)cs1. The summed E-state index contributed by atoms with van der Waals surface area (Å²) in [5, 5.41) is 6.82. The molecule has 108 valence electrons. The van der Waals surface area contributed by atoms with Gasteiger partial charge in [0.1, 0.15) is 0 Å². The summed E-state index contributed by atoms with van der Waals surface area (Å²) in [6, 6.07) is 0. The van der Waals surface area contributed by atoms with Crippen LogP contribution in [0, 0.1) is 5.92 Å². The largest absolute Gasteiger partial charge is 0.381 e. The van der Waals surface area contributed by atoms with E-state index in [0.29, 0.717) is 0 Å². The average Bonchev–Trinajstić information content (AvgIpc) is 3.02. The lowest BCUT2D eigenvalue weighted by atomic mass is 9.98. The number of nitrogens with zero attached hydrogens (tertiary/aromatic N) is 1. The molecule has 1 aromatic rings. The van der Waals surface area contributed by atoms with Crippen molar-refractivity contribution in [2.24, 2.45) is 5.92 Å². The van der Waals surface area contributed by atoms with Crippen LogP contribution in [0.2, 0.25) is 0 Å². The van der Waals surface area contributed by atoms with E-state index in [0.717, 1.165) is 44.3 Å². The summed E-state index contributed by atoms with van der Waals surface area (Å²) in [6.45, 7) is 10.4. The predicted octanol–water partition coefficient (Wildman–Crippen LogP) is 3.35. The Hall–Kier alpha value is -0.450. The Labute approximate surface area is 120 Å². The van der Waals surface area contributed by atoms with Crippen LogP contribution in [0.15, 0.2) is 5.38 Å². The molecule has 4 heteroatoms. The molecule has 1 saturated carbocycles. The zero-order valence-corrected chi connectivity index (χ0v) is 13.2. The molecule has 0 radical (unpaired) electrons. The summed E-state index contributed by atoms with van der Waals surface area (Å²) in [6.07, 6.45) is 3.83. The molecular formula is C15H26N2OS. The average molecular weight is 282 g/mol. The van der Waals surface area contributed by atoms with Crippen LogP contribution in [-0.2, 0) is 16.7 Å². The van der Waals surface area contributed by atoms with Crippen LogP contribution in [0.4, 0.5) is 0 Å². The van der Waals surface area contributed by atoms with Crippen molar-refractivity contribution in [3.8, 4) is 0 Å². The molecule has 0 unspecified atom stereocenters. The predicted molar refractivity (Wildman–Crippen MR) is 80.7 cm³/mol. The first-order chi connectivity index (χ1) is 9.05. The molecule has 0 saturated heterocycles. The molecular weight excluding hydrogens is 256 g/mol. The quantitative estimate of drug-likeness (QED) is 0.743. The third kappa shape index (κ3) is 5.59. The second kappa shape index (κ2) is 6.82. The third-order valence-corrected chi connectivity index (χ3v) is 4.51. The molecule has 3 nitrogen and oxygen atoms in total. The van der Waals surface area contributed by atoms with Crippen molar-refractivity contribution in [1.29, 1.82) is 0 Å². The number of rotatable bonds is 8. The molecule has 1 heterocycles. The number of ether oxygens (including phenoxy) is 1. The highest BCUT2D eigenvalue weighted by atomic mass is 32.1. The minimum absolute atomic E-state index is 0.166. The highest BCUT2D eigenvalue weighted by Crippen LogP contribution is 2.28. The van der Waals surface area contributed by atoms with E-state index in [1.165, 1.54) is 17.8 Å². The van der Waals surface area contributed by atoms with E-state index in [9.17, 15) is 0 Å². The van der Waals surface area contributed by atoms with E-state index < -0.39 is 0 Å². The maximum absolute atomic E-state index is 5.61. The summed E-state index contributed by atoms with van der Waals surface area (Å²) >= 11 is 1.76. The van der Waals surface area contributed by atoms with E-state index in [2.05, 4.69) is 36.5 Å². The van der Waals surface area contributed by atoms with Crippen molar-refractivity contribution in [2.75, 3.05) is 19.8 Å². The van der Waals surface area contributed by atoms with Gasteiger partial charge in [0.05, 0.1) is 10.7 Å². The van der Waals surface area contributed by atoms with Gasteiger partial charge in [-0.15, -0.1) is 11.3 Å². The molecule has 1 fully saturated rings. The smallest absolute Gasteiger partial charge is 0.0982 e. The maximum Gasteiger partial charge on any atom is 0.0982 e. The van der Waals surface area contributed by atoms with E-state index in [1.54, 1.807) is 11.3 Å². The number of aromatic nitrogens is 1. The van der Waals surface area contributed by atoms with Gasteiger partial charge in [-0.1, -0.05) is 20.8 Å². The summed E-state index contributed by atoms with van der Waals surface area (Å²) in [5.74, 6) is 0.874. The van der Waals surface area contributed by atoms with Crippen LogP contribution in [0.1, 0.15) is 50.7 Å². The second-order valence-corrected chi connectivity index (χ2v) is 7.30. The van der Waals surface area contributed by atoms with Crippen LogP contribution in [-0.4, -0.2) is 24.7 Å². The molecule has 0 atom stereocenters.